The van der Waals surface area contributed by atoms with Crippen molar-refractivity contribution < 1.29 is 23.4 Å². The second-order valence-corrected chi connectivity index (χ2v) is 18.4. The SMILES string of the molecule is C=CC(OCc1ccc(OC)cc1)c1nn(C)c(C)c1-c1c(Cl)ccc2c1c(C)c(C(=O)OC)n2CCCO[Si](C)(C)C(C)(C)C. The van der Waals surface area contributed by atoms with E-state index in [0.717, 1.165) is 51.0 Å². The Balaban J connectivity index is 1.79. The van der Waals surface area contributed by atoms with Crippen LogP contribution in [0.1, 0.15) is 66.3 Å². The van der Waals surface area contributed by atoms with Crippen molar-refractivity contribution in [1.29, 1.82) is 0 Å². The van der Waals surface area contributed by atoms with Gasteiger partial charge in [0.1, 0.15) is 23.2 Å². The molecule has 0 saturated carbocycles. The van der Waals surface area contributed by atoms with E-state index in [1.54, 1.807) is 13.2 Å². The van der Waals surface area contributed by atoms with Crippen molar-refractivity contribution in [2.24, 2.45) is 7.05 Å². The van der Waals surface area contributed by atoms with Crippen LogP contribution in [0.15, 0.2) is 49.1 Å². The minimum absolute atomic E-state index is 0.119. The Kier molecular flexibility index (Phi) is 10.9. The highest BCUT2D eigenvalue weighted by Crippen LogP contribution is 2.44. The second kappa shape index (κ2) is 14.2. The molecule has 0 aliphatic rings. The fourth-order valence-electron chi connectivity index (χ4n) is 5.52. The number of carbonyl (C=O) groups is 1. The normalized spacial score (nSPS) is 12.8. The van der Waals surface area contributed by atoms with E-state index in [1.807, 2.05) is 66.5 Å². The molecule has 0 fully saturated rings. The lowest BCUT2D eigenvalue weighted by atomic mass is 9.95. The summed E-state index contributed by atoms with van der Waals surface area (Å²) in [5, 5.41) is 6.45. The molecule has 248 valence electrons. The van der Waals surface area contributed by atoms with Crippen molar-refractivity contribution in [3.63, 3.8) is 0 Å². The molecular weight excluding hydrogens is 618 g/mol. The average molecular weight is 666 g/mol. The maximum atomic E-state index is 13.3. The summed E-state index contributed by atoms with van der Waals surface area (Å²) in [7, 11) is 3.05. The summed E-state index contributed by atoms with van der Waals surface area (Å²) in [5.41, 5.74) is 6.48. The molecule has 1 unspecified atom stereocenters. The molecule has 0 aliphatic carbocycles. The minimum Gasteiger partial charge on any atom is -0.497 e. The molecular formula is C36H48ClN3O5Si. The van der Waals surface area contributed by atoms with Gasteiger partial charge >= 0.3 is 5.97 Å². The smallest absolute Gasteiger partial charge is 0.354 e. The molecule has 0 saturated heterocycles. The van der Waals surface area contributed by atoms with Gasteiger partial charge in [0, 0.05) is 52.9 Å². The molecule has 8 nitrogen and oxygen atoms in total. The number of halogens is 1. The van der Waals surface area contributed by atoms with Gasteiger partial charge in [0.15, 0.2) is 8.32 Å². The number of esters is 1. The predicted molar refractivity (Wildman–Crippen MR) is 188 cm³/mol. The molecule has 0 aliphatic heterocycles. The standard InChI is InChI=1S/C36H48ClN3O5Si/c1-12-29(44-22-25-14-16-26(42-8)17-15-25)33-31(24(3)39(7)38-33)32-27(37)18-19-28-30(32)23(2)34(35(41)43-9)40(28)20-13-21-45-46(10,11)36(4,5)6/h12,14-19,29H,1,13,20-22H2,2-11H3. The van der Waals surface area contributed by atoms with Crippen LogP contribution in [0.2, 0.25) is 23.2 Å². The number of rotatable bonds is 13. The minimum atomic E-state index is -1.91. The van der Waals surface area contributed by atoms with Gasteiger partial charge in [-0.25, -0.2) is 4.79 Å². The number of nitrogens with zero attached hydrogens (tertiary/aromatic N) is 3. The second-order valence-electron chi connectivity index (χ2n) is 13.2. The summed E-state index contributed by atoms with van der Waals surface area (Å²) in [5.74, 6) is 0.391. The third-order valence-corrected chi connectivity index (χ3v) is 14.1. The van der Waals surface area contributed by atoms with Crippen LogP contribution in [0.5, 0.6) is 5.75 Å². The highest BCUT2D eigenvalue weighted by atomic mass is 35.5. The summed E-state index contributed by atoms with van der Waals surface area (Å²) in [6.07, 6.45) is 1.98. The molecule has 2 aromatic heterocycles. The molecule has 0 bridgehead atoms. The monoisotopic (exact) mass is 665 g/mol. The third kappa shape index (κ3) is 6.98. The van der Waals surface area contributed by atoms with Crippen molar-refractivity contribution in [3.05, 3.63) is 82.3 Å². The van der Waals surface area contributed by atoms with Crippen molar-refractivity contribution in [2.75, 3.05) is 20.8 Å². The Bertz CT molecular complexity index is 1720. The van der Waals surface area contributed by atoms with Gasteiger partial charge in [-0.2, -0.15) is 5.10 Å². The number of hydrogen-bond donors (Lipinski definition) is 0. The van der Waals surface area contributed by atoms with Gasteiger partial charge in [-0.05, 0) is 73.8 Å². The van der Waals surface area contributed by atoms with E-state index >= 15 is 0 Å². The zero-order valence-electron chi connectivity index (χ0n) is 28.9. The number of hydrogen-bond acceptors (Lipinski definition) is 6. The van der Waals surface area contributed by atoms with Gasteiger partial charge in [-0.3, -0.25) is 4.68 Å². The number of aryl methyl sites for hydroxylation is 3. The van der Waals surface area contributed by atoms with Crippen LogP contribution in [0, 0.1) is 13.8 Å². The Morgan fingerprint density at radius 3 is 2.35 bits per heavy atom. The highest BCUT2D eigenvalue weighted by Gasteiger charge is 2.37. The maximum Gasteiger partial charge on any atom is 0.354 e. The summed E-state index contributed by atoms with van der Waals surface area (Å²) < 4.78 is 27.3. The van der Waals surface area contributed by atoms with Crippen LogP contribution in [0.4, 0.5) is 0 Å². The first kappa shape index (κ1) is 35.5. The molecule has 46 heavy (non-hydrogen) atoms. The predicted octanol–water partition coefficient (Wildman–Crippen LogP) is 8.96. The van der Waals surface area contributed by atoms with Crippen molar-refractivity contribution in [1.82, 2.24) is 14.3 Å². The highest BCUT2D eigenvalue weighted by molar-refractivity contribution is 6.74. The third-order valence-electron chi connectivity index (χ3n) is 9.28. The first-order valence-electron chi connectivity index (χ1n) is 15.6. The Hall–Kier alpha value is -3.37. The molecule has 10 heteroatoms. The molecule has 0 spiro atoms. The summed E-state index contributed by atoms with van der Waals surface area (Å²) in [6.45, 7) is 20.8. The zero-order valence-corrected chi connectivity index (χ0v) is 30.7. The summed E-state index contributed by atoms with van der Waals surface area (Å²) >= 11 is 7.05. The number of benzene rings is 2. The Morgan fingerprint density at radius 2 is 1.76 bits per heavy atom. The molecule has 2 aromatic carbocycles. The topological polar surface area (TPSA) is 76.7 Å². The molecule has 0 amide bonds. The fourth-order valence-corrected chi connectivity index (χ4v) is 6.86. The van der Waals surface area contributed by atoms with E-state index in [1.165, 1.54) is 7.11 Å². The number of methoxy groups -OCH3 is 2. The van der Waals surface area contributed by atoms with Crippen molar-refractivity contribution in [3.8, 4) is 16.9 Å². The van der Waals surface area contributed by atoms with E-state index in [9.17, 15) is 4.79 Å². The number of carbonyl (C=O) groups excluding carboxylic acids is 1. The lowest BCUT2D eigenvalue weighted by molar-refractivity contribution is 0.0587. The lowest BCUT2D eigenvalue weighted by Crippen LogP contribution is -2.41. The van der Waals surface area contributed by atoms with Gasteiger partial charge in [-0.1, -0.05) is 50.6 Å². The Labute approximate surface area is 279 Å². The van der Waals surface area contributed by atoms with Crippen LogP contribution in [-0.2, 0) is 34.1 Å². The van der Waals surface area contributed by atoms with E-state index < -0.39 is 20.4 Å². The molecule has 1 atom stereocenters. The van der Waals surface area contributed by atoms with Crippen LogP contribution in [-0.4, -0.2) is 49.5 Å². The number of aromatic nitrogens is 3. The van der Waals surface area contributed by atoms with Crippen molar-refractivity contribution in [2.45, 2.75) is 78.4 Å². The molecule has 4 rings (SSSR count). The van der Waals surface area contributed by atoms with E-state index in [2.05, 4.69) is 40.4 Å². The first-order chi connectivity index (χ1) is 21.7. The molecule has 0 radical (unpaired) electrons. The lowest BCUT2D eigenvalue weighted by Gasteiger charge is -2.36. The van der Waals surface area contributed by atoms with Gasteiger partial charge in [-0.15, -0.1) is 6.58 Å². The van der Waals surface area contributed by atoms with Crippen LogP contribution >= 0.6 is 11.6 Å². The van der Waals surface area contributed by atoms with E-state index in [4.69, 9.17) is 35.3 Å². The van der Waals surface area contributed by atoms with Gasteiger partial charge in [0.25, 0.3) is 0 Å². The number of fused-ring (bicyclic) bond motifs is 1. The first-order valence-corrected chi connectivity index (χ1v) is 18.9. The fraction of sp³-hybridized carbons (Fsp3) is 0.444. The van der Waals surface area contributed by atoms with Crippen LogP contribution < -0.4 is 4.74 Å². The largest absolute Gasteiger partial charge is 0.497 e. The number of ether oxygens (including phenoxy) is 3. The maximum absolute atomic E-state index is 13.3. The van der Waals surface area contributed by atoms with Gasteiger partial charge < -0.3 is 23.2 Å². The summed E-state index contributed by atoms with van der Waals surface area (Å²) in [6, 6.07) is 11.6. The van der Waals surface area contributed by atoms with Gasteiger partial charge in [0.05, 0.1) is 20.8 Å². The Morgan fingerprint density at radius 1 is 1.09 bits per heavy atom. The van der Waals surface area contributed by atoms with E-state index in [0.29, 0.717) is 36.2 Å². The molecule has 4 aromatic rings. The van der Waals surface area contributed by atoms with Crippen LogP contribution in [0.3, 0.4) is 0 Å². The van der Waals surface area contributed by atoms with Crippen LogP contribution in [0.25, 0.3) is 22.0 Å². The molecule has 2 heterocycles. The molecule has 0 N–H and O–H groups in total. The summed E-state index contributed by atoms with van der Waals surface area (Å²) in [4.78, 5) is 13.3. The average Bonchev–Trinajstić information content (AvgIpc) is 3.46. The quantitative estimate of drug-likeness (QED) is 0.0614. The van der Waals surface area contributed by atoms with Crippen molar-refractivity contribution >= 4 is 36.8 Å². The van der Waals surface area contributed by atoms with E-state index in [-0.39, 0.29) is 5.04 Å². The van der Waals surface area contributed by atoms with Gasteiger partial charge in [0.2, 0.25) is 0 Å². The zero-order chi connectivity index (χ0) is 34.0.